The minimum atomic E-state index is -0.798. The second-order valence-corrected chi connectivity index (χ2v) is 8.93. The molecule has 4 rings (SSSR count). The van der Waals surface area contributed by atoms with Crippen LogP contribution in [0.5, 0.6) is 0 Å². The summed E-state index contributed by atoms with van der Waals surface area (Å²) in [6.07, 6.45) is 9.07. The van der Waals surface area contributed by atoms with Crippen molar-refractivity contribution in [1.29, 1.82) is 0 Å². The van der Waals surface area contributed by atoms with Crippen LogP contribution in [0.15, 0.2) is 6.20 Å². The van der Waals surface area contributed by atoms with Crippen LogP contribution in [0.2, 0.25) is 0 Å². The lowest BCUT2D eigenvalue weighted by molar-refractivity contribution is -0.137. The van der Waals surface area contributed by atoms with Crippen LogP contribution in [0, 0.1) is 0 Å². The number of carbonyl (C=O) groups is 4. The predicted octanol–water partition coefficient (Wildman–Crippen LogP) is 1.26. The number of likely N-dealkylation sites (N-methyl/N-ethyl adjacent to an activating group) is 1. The highest BCUT2D eigenvalue weighted by atomic mass is 16.5. The Labute approximate surface area is 186 Å². The standard InChI is InChI=1S/C21H30N6O5/c1-25-20(31)26(19(30)21(25)10-6-3-7-11-21)13-17(28)22-14-8-4-5-9-16(14)27-12-15(23-24-27)18(29)32-2/h12,14,16H,3-11,13H2,1-2H3,(H,22,28)/t14-,16-/m1/s1. The van der Waals surface area contributed by atoms with E-state index in [1.54, 1.807) is 11.7 Å². The molecule has 32 heavy (non-hydrogen) atoms. The molecule has 11 nitrogen and oxygen atoms in total. The zero-order valence-corrected chi connectivity index (χ0v) is 18.6. The molecule has 0 aromatic carbocycles. The molecule has 0 bridgehead atoms. The van der Waals surface area contributed by atoms with E-state index < -0.39 is 17.5 Å². The van der Waals surface area contributed by atoms with Crippen molar-refractivity contribution < 1.29 is 23.9 Å². The fourth-order valence-corrected chi connectivity index (χ4v) is 5.30. The van der Waals surface area contributed by atoms with Crippen LogP contribution in [-0.4, -0.2) is 80.9 Å². The number of hydrogen-bond donors (Lipinski definition) is 1. The zero-order chi connectivity index (χ0) is 22.9. The second-order valence-electron chi connectivity index (χ2n) is 8.93. The molecule has 3 aliphatic rings. The normalized spacial score (nSPS) is 25.3. The Morgan fingerprint density at radius 1 is 1.16 bits per heavy atom. The quantitative estimate of drug-likeness (QED) is 0.533. The Bertz CT molecular complexity index is 908. The molecular formula is C21H30N6O5. The smallest absolute Gasteiger partial charge is 0.360 e. The first kappa shape index (κ1) is 22.2. The number of amides is 4. The number of nitrogens with zero attached hydrogens (tertiary/aromatic N) is 5. The van der Waals surface area contributed by atoms with E-state index in [0.29, 0.717) is 12.8 Å². The fraction of sp³-hybridized carbons (Fsp3) is 0.714. The van der Waals surface area contributed by atoms with Gasteiger partial charge in [-0.25, -0.2) is 14.3 Å². The van der Waals surface area contributed by atoms with Crippen LogP contribution >= 0.6 is 0 Å². The third-order valence-electron chi connectivity index (χ3n) is 7.11. The molecule has 11 heteroatoms. The number of esters is 1. The van der Waals surface area contributed by atoms with Gasteiger partial charge in [0.15, 0.2) is 5.69 Å². The lowest BCUT2D eigenvalue weighted by atomic mass is 9.81. The third kappa shape index (κ3) is 3.84. The minimum absolute atomic E-state index is 0.109. The van der Waals surface area contributed by atoms with Crippen LogP contribution in [0.1, 0.15) is 74.3 Å². The van der Waals surface area contributed by atoms with Crippen LogP contribution < -0.4 is 5.32 Å². The van der Waals surface area contributed by atoms with Crippen molar-refractivity contribution in [2.24, 2.45) is 0 Å². The van der Waals surface area contributed by atoms with Gasteiger partial charge >= 0.3 is 12.0 Å². The zero-order valence-electron chi connectivity index (χ0n) is 18.6. The third-order valence-corrected chi connectivity index (χ3v) is 7.11. The Kier molecular flexibility index (Phi) is 6.16. The van der Waals surface area contributed by atoms with Crippen LogP contribution in [0.25, 0.3) is 0 Å². The highest BCUT2D eigenvalue weighted by Crippen LogP contribution is 2.39. The molecule has 2 atom stereocenters. The van der Waals surface area contributed by atoms with E-state index in [0.717, 1.165) is 49.8 Å². The van der Waals surface area contributed by atoms with Crippen LogP contribution in [0.4, 0.5) is 4.79 Å². The van der Waals surface area contributed by atoms with Crippen LogP contribution in [0.3, 0.4) is 0 Å². The summed E-state index contributed by atoms with van der Waals surface area (Å²) in [5, 5.41) is 10.9. The lowest BCUT2D eigenvalue weighted by Crippen LogP contribution is -2.50. The molecule has 2 heterocycles. The molecule has 1 aliphatic heterocycles. The van der Waals surface area contributed by atoms with Gasteiger partial charge in [-0.05, 0) is 25.7 Å². The molecule has 1 aromatic heterocycles. The predicted molar refractivity (Wildman–Crippen MR) is 111 cm³/mol. The first-order valence-electron chi connectivity index (χ1n) is 11.3. The Hall–Kier alpha value is -2.98. The summed E-state index contributed by atoms with van der Waals surface area (Å²) < 4.78 is 6.27. The minimum Gasteiger partial charge on any atom is -0.464 e. The molecule has 2 aliphatic carbocycles. The molecule has 3 fully saturated rings. The van der Waals surface area contributed by atoms with Gasteiger partial charge in [0.05, 0.1) is 25.4 Å². The largest absolute Gasteiger partial charge is 0.464 e. The first-order valence-corrected chi connectivity index (χ1v) is 11.3. The summed E-state index contributed by atoms with van der Waals surface area (Å²) in [5.74, 6) is -1.21. The SMILES string of the molecule is COC(=O)c1cn([C@@H]2CCCC[C@H]2NC(=O)CN2C(=O)N(C)C3(CCCCC3)C2=O)nn1. The summed E-state index contributed by atoms with van der Waals surface area (Å²) in [4.78, 5) is 53.1. The van der Waals surface area contributed by atoms with Gasteiger partial charge < -0.3 is 15.0 Å². The van der Waals surface area contributed by atoms with Gasteiger partial charge in [0, 0.05) is 7.05 Å². The molecule has 1 N–H and O–H groups in total. The van der Waals surface area contributed by atoms with Gasteiger partial charge in [0.1, 0.15) is 12.1 Å². The van der Waals surface area contributed by atoms with Gasteiger partial charge in [-0.3, -0.25) is 14.5 Å². The van der Waals surface area contributed by atoms with Crippen molar-refractivity contribution in [3.63, 3.8) is 0 Å². The number of imide groups is 1. The van der Waals surface area contributed by atoms with Crippen molar-refractivity contribution in [3.05, 3.63) is 11.9 Å². The van der Waals surface area contributed by atoms with Gasteiger partial charge in [-0.1, -0.05) is 37.3 Å². The lowest BCUT2D eigenvalue weighted by Gasteiger charge is -2.35. The van der Waals surface area contributed by atoms with Gasteiger partial charge in [-0.15, -0.1) is 5.10 Å². The number of aromatic nitrogens is 3. The van der Waals surface area contributed by atoms with Gasteiger partial charge in [-0.2, -0.15) is 0 Å². The van der Waals surface area contributed by atoms with E-state index in [1.807, 2.05) is 0 Å². The number of urea groups is 1. The number of hydrogen-bond acceptors (Lipinski definition) is 7. The van der Waals surface area contributed by atoms with Crippen molar-refractivity contribution in [2.45, 2.75) is 75.4 Å². The average Bonchev–Trinajstić information content (AvgIpc) is 3.36. The van der Waals surface area contributed by atoms with Crippen molar-refractivity contribution in [3.8, 4) is 0 Å². The highest BCUT2D eigenvalue weighted by molar-refractivity contribution is 6.09. The molecular weight excluding hydrogens is 416 g/mol. The number of carbonyl (C=O) groups excluding carboxylic acids is 4. The molecule has 174 valence electrons. The highest BCUT2D eigenvalue weighted by Gasteiger charge is 2.55. The van der Waals surface area contributed by atoms with E-state index in [1.165, 1.54) is 18.2 Å². The van der Waals surface area contributed by atoms with Gasteiger partial charge in [0.2, 0.25) is 5.91 Å². The van der Waals surface area contributed by atoms with E-state index in [2.05, 4.69) is 20.4 Å². The summed E-state index contributed by atoms with van der Waals surface area (Å²) in [6, 6.07) is -0.820. The number of nitrogens with one attached hydrogen (secondary N) is 1. The second kappa shape index (κ2) is 8.87. The molecule has 2 saturated carbocycles. The van der Waals surface area contributed by atoms with Gasteiger partial charge in [0.25, 0.3) is 5.91 Å². The summed E-state index contributed by atoms with van der Waals surface area (Å²) in [5.41, 5.74) is -0.689. The summed E-state index contributed by atoms with van der Waals surface area (Å²) in [6.45, 7) is -0.294. The molecule has 0 unspecified atom stereocenters. The number of methoxy groups -OCH3 is 1. The maximum Gasteiger partial charge on any atom is 0.360 e. The van der Waals surface area contributed by atoms with Crippen molar-refractivity contribution in [2.75, 3.05) is 20.7 Å². The van der Waals surface area contributed by atoms with E-state index in [4.69, 9.17) is 0 Å². The summed E-state index contributed by atoms with van der Waals surface area (Å²) >= 11 is 0. The topological polar surface area (TPSA) is 127 Å². The maximum atomic E-state index is 13.1. The Morgan fingerprint density at radius 2 is 1.88 bits per heavy atom. The van der Waals surface area contributed by atoms with Crippen molar-refractivity contribution in [1.82, 2.24) is 30.1 Å². The van der Waals surface area contributed by atoms with E-state index >= 15 is 0 Å². The first-order chi connectivity index (χ1) is 15.4. The monoisotopic (exact) mass is 446 g/mol. The Morgan fingerprint density at radius 3 is 2.59 bits per heavy atom. The maximum absolute atomic E-state index is 13.1. The van der Waals surface area contributed by atoms with Crippen LogP contribution in [-0.2, 0) is 14.3 Å². The van der Waals surface area contributed by atoms with E-state index in [9.17, 15) is 19.2 Å². The molecule has 1 aromatic rings. The number of rotatable bonds is 5. The van der Waals surface area contributed by atoms with Crippen molar-refractivity contribution >= 4 is 23.8 Å². The average molecular weight is 447 g/mol. The molecule has 0 radical (unpaired) electrons. The van der Waals surface area contributed by atoms with E-state index in [-0.39, 0.29) is 36.1 Å². The molecule has 4 amide bonds. The fourth-order valence-electron chi connectivity index (χ4n) is 5.30. The Balaban J connectivity index is 1.43. The molecule has 1 saturated heterocycles. The molecule has 1 spiro atoms. The summed E-state index contributed by atoms with van der Waals surface area (Å²) in [7, 11) is 2.94. The number of ether oxygens (including phenoxy) is 1.